The Morgan fingerprint density at radius 2 is 1.42 bits per heavy atom. The molecule has 4 amide bonds. The molecule has 0 radical (unpaired) electrons. The molecule has 1 heterocycles. The highest BCUT2D eigenvalue weighted by Gasteiger charge is 2.53. The van der Waals surface area contributed by atoms with Crippen LogP contribution in [0.4, 0.5) is 10.5 Å². The van der Waals surface area contributed by atoms with Gasteiger partial charge in [-0.15, -0.1) is 0 Å². The molecule has 242 valence electrons. The van der Waals surface area contributed by atoms with E-state index in [1.54, 1.807) is 32.9 Å². The standard InChI is InChI=1S/C34H54ClN3O5/c1-7-8-9-10-11-12-13-14-15-16-17-18-19-20-23-43-27-22-21-25(35)24-26(27)36-30(40)28(29(39)33(2,3)4)38-31(41)34(5,6)37-32(38)42/h21-22,24,28H,7-20,23H2,1-6H3,(H,36,40)(H,37,42). The van der Waals surface area contributed by atoms with Crippen molar-refractivity contribution in [3.63, 3.8) is 0 Å². The fourth-order valence-electron chi connectivity index (χ4n) is 5.18. The largest absolute Gasteiger partial charge is 0.491 e. The molecule has 2 N–H and O–H groups in total. The minimum Gasteiger partial charge on any atom is -0.491 e. The average molecular weight is 620 g/mol. The van der Waals surface area contributed by atoms with Crippen LogP contribution < -0.4 is 15.4 Å². The summed E-state index contributed by atoms with van der Waals surface area (Å²) >= 11 is 6.22. The Kier molecular flexibility index (Phi) is 15.0. The zero-order valence-corrected chi connectivity index (χ0v) is 28.0. The number of hydrogen-bond donors (Lipinski definition) is 2. The number of ether oxygens (including phenoxy) is 1. The minimum atomic E-state index is -1.65. The van der Waals surface area contributed by atoms with Gasteiger partial charge < -0.3 is 15.4 Å². The highest BCUT2D eigenvalue weighted by molar-refractivity contribution is 6.31. The lowest BCUT2D eigenvalue weighted by atomic mass is 9.85. The second kappa shape index (κ2) is 17.6. The fraction of sp³-hybridized carbons (Fsp3) is 0.706. The first-order valence-corrected chi connectivity index (χ1v) is 16.6. The van der Waals surface area contributed by atoms with Gasteiger partial charge in [-0.2, -0.15) is 0 Å². The van der Waals surface area contributed by atoms with Crippen LogP contribution in [-0.2, 0) is 14.4 Å². The number of halogens is 1. The molecule has 8 nitrogen and oxygen atoms in total. The maximum Gasteiger partial charge on any atom is 0.326 e. The Morgan fingerprint density at radius 1 is 0.907 bits per heavy atom. The third-order valence-corrected chi connectivity index (χ3v) is 8.08. The molecule has 1 aromatic rings. The Labute approximate surface area is 264 Å². The summed E-state index contributed by atoms with van der Waals surface area (Å²) in [6.45, 7) is 10.7. The molecule has 1 fully saturated rings. The van der Waals surface area contributed by atoms with Crippen LogP contribution in [0.1, 0.15) is 131 Å². The summed E-state index contributed by atoms with van der Waals surface area (Å²) in [5.41, 5.74) is -1.94. The van der Waals surface area contributed by atoms with Crippen LogP contribution in [0.15, 0.2) is 18.2 Å². The van der Waals surface area contributed by atoms with E-state index in [0.717, 1.165) is 24.2 Å². The number of anilines is 1. The molecule has 0 aliphatic carbocycles. The number of Topliss-reactive ketones (excluding diaryl/α,β-unsaturated/α-hetero) is 1. The summed E-state index contributed by atoms with van der Waals surface area (Å²) < 4.78 is 5.99. The van der Waals surface area contributed by atoms with Crippen molar-refractivity contribution in [1.82, 2.24) is 10.2 Å². The first kappa shape index (κ1) is 36.6. The Hall–Kier alpha value is -2.61. The van der Waals surface area contributed by atoms with Crippen LogP contribution in [0.5, 0.6) is 5.75 Å². The smallest absolute Gasteiger partial charge is 0.326 e. The van der Waals surface area contributed by atoms with Crippen molar-refractivity contribution in [2.24, 2.45) is 5.41 Å². The van der Waals surface area contributed by atoms with E-state index < -0.39 is 40.6 Å². The van der Waals surface area contributed by atoms with Gasteiger partial charge in [-0.3, -0.25) is 14.4 Å². The molecule has 1 unspecified atom stereocenters. The van der Waals surface area contributed by atoms with Crippen molar-refractivity contribution in [3.05, 3.63) is 23.2 Å². The molecular formula is C34H54ClN3O5. The summed E-state index contributed by atoms with van der Waals surface area (Å²) in [5.74, 6) is -1.59. The van der Waals surface area contributed by atoms with Crippen molar-refractivity contribution < 1.29 is 23.9 Å². The minimum absolute atomic E-state index is 0.279. The predicted octanol–water partition coefficient (Wildman–Crippen LogP) is 8.45. The molecule has 0 spiro atoms. The molecule has 9 heteroatoms. The summed E-state index contributed by atoms with van der Waals surface area (Å²) in [6.07, 6.45) is 17.7. The highest BCUT2D eigenvalue weighted by atomic mass is 35.5. The number of urea groups is 1. The van der Waals surface area contributed by atoms with Crippen LogP contribution >= 0.6 is 11.6 Å². The molecule has 1 saturated heterocycles. The van der Waals surface area contributed by atoms with E-state index in [9.17, 15) is 19.2 Å². The van der Waals surface area contributed by atoms with Crippen LogP contribution in [0.25, 0.3) is 0 Å². The van der Waals surface area contributed by atoms with Crippen molar-refractivity contribution in [2.75, 3.05) is 11.9 Å². The third-order valence-electron chi connectivity index (χ3n) is 7.84. The Bertz CT molecular complexity index is 1080. The SMILES string of the molecule is CCCCCCCCCCCCCCCCOc1ccc(Cl)cc1NC(=O)C(C(=O)C(C)(C)C)N1C(=O)NC(C)(C)C1=O. The van der Waals surface area contributed by atoms with E-state index in [4.69, 9.17) is 16.3 Å². The van der Waals surface area contributed by atoms with Crippen LogP contribution in [0.3, 0.4) is 0 Å². The summed E-state index contributed by atoms with van der Waals surface area (Å²) in [6, 6.07) is 2.43. The lowest BCUT2D eigenvalue weighted by Gasteiger charge is -2.29. The molecule has 1 aromatic carbocycles. The van der Waals surface area contributed by atoms with Gasteiger partial charge in [0.05, 0.1) is 12.3 Å². The number of unbranched alkanes of at least 4 members (excludes halogenated alkanes) is 13. The fourth-order valence-corrected chi connectivity index (χ4v) is 5.35. The van der Waals surface area contributed by atoms with E-state index in [1.165, 1.54) is 90.5 Å². The monoisotopic (exact) mass is 619 g/mol. The lowest BCUT2D eigenvalue weighted by molar-refractivity contribution is -0.144. The molecule has 0 bridgehead atoms. The molecule has 1 aliphatic rings. The first-order valence-electron chi connectivity index (χ1n) is 16.2. The molecular weight excluding hydrogens is 566 g/mol. The van der Waals surface area contributed by atoms with Gasteiger partial charge in [-0.1, -0.05) is 123 Å². The van der Waals surface area contributed by atoms with Gasteiger partial charge in [0.1, 0.15) is 11.3 Å². The number of hydrogen-bond acceptors (Lipinski definition) is 5. The second-order valence-electron chi connectivity index (χ2n) is 13.3. The number of rotatable bonds is 20. The zero-order valence-electron chi connectivity index (χ0n) is 27.3. The number of benzene rings is 1. The van der Waals surface area contributed by atoms with Crippen molar-refractivity contribution in [2.45, 2.75) is 143 Å². The van der Waals surface area contributed by atoms with Gasteiger partial charge in [0.25, 0.3) is 11.8 Å². The van der Waals surface area contributed by atoms with Crippen LogP contribution in [0, 0.1) is 5.41 Å². The topological polar surface area (TPSA) is 105 Å². The molecule has 1 atom stereocenters. The highest BCUT2D eigenvalue weighted by Crippen LogP contribution is 2.31. The van der Waals surface area contributed by atoms with E-state index in [1.807, 2.05) is 0 Å². The molecule has 43 heavy (non-hydrogen) atoms. The lowest BCUT2D eigenvalue weighted by Crippen LogP contribution is -2.55. The normalized spacial score (nSPS) is 15.4. The summed E-state index contributed by atoms with van der Waals surface area (Å²) in [5, 5.41) is 5.63. The summed E-state index contributed by atoms with van der Waals surface area (Å²) in [4.78, 5) is 53.4. The van der Waals surface area contributed by atoms with Crippen LogP contribution in [-0.4, -0.2) is 46.7 Å². The van der Waals surface area contributed by atoms with Gasteiger partial charge in [0.15, 0.2) is 11.8 Å². The van der Waals surface area contributed by atoms with Gasteiger partial charge in [0.2, 0.25) is 0 Å². The molecule has 0 saturated carbocycles. The van der Waals surface area contributed by atoms with E-state index in [-0.39, 0.29) is 5.69 Å². The van der Waals surface area contributed by atoms with Gasteiger partial charge >= 0.3 is 6.03 Å². The van der Waals surface area contributed by atoms with Gasteiger partial charge in [-0.25, -0.2) is 9.69 Å². The Balaban J connectivity index is 1.86. The van der Waals surface area contributed by atoms with E-state index in [0.29, 0.717) is 17.4 Å². The maximum absolute atomic E-state index is 13.6. The second-order valence-corrected chi connectivity index (χ2v) is 13.8. The Morgan fingerprint density at radius 3 is 1.88 bits per heavy atom. The number of nitrogens with one attached hydrogen (secondary N) is 2. The van der Waals surface area contributed by atoms with Crippen LogP contribution in [0.2, 0.25) is 5.02 Å². The zero-order chi connectivity index (χ0) is 32.0. The molecule has 0 aromatic heterocycles. The van der Waals surface area contributed by atoms with E-state index in [2.05, 4.69) is 17.6 Å². The number of amides is 4. The van der Waals surface area contributed by atoms with E-state index >= 15 is 0 Å². The van der Waals surface area contributed by atoms with Gasteiger partial charge in [0, 0.05) is 10.4 Å². The third kappa shape index (κ3) is 11.8. The molecule has 1 aliphatic heterocycles. The number of carbonyl (C=O) groups excluding carboxylic acids is 4. The van der Waals surface area contributed by atoms with Gasteiger partial charge in [-0.05, 0) is 38.5 Å². The number of imide groups is 1. The first-order chi connectivity index (χ1) is 20.3. The van der Waals surface area contributed by atoms with Crippen molar-refractivity contribution >= 4 is 40.9 Å². The average Bonchev–Trinajstić information content (AvgIpc) is 3.13. The molecule has 2 rings (SSSR count). The number of carbonyl (C=O) groups is 4. The maximum atomic E-state index is 13.6. The number of nitrogens with zero attached hydrogens (tertiary/aromatic N) is 1. The van der Waals surface area contributed by atoms with Crippen molar-refractivity contribution in [3.8, 4) is 5.75 Å². The van der Waals surface area contributed by atoms with Crippen molar-refractivity contribution in [1.29, 1.82) is 0 Å². The summed E-state index contributed by atoms with van der Waals surface area (Å²) in [7, 11) is 0. The number of ketones is 1. The quantitative estimate of drug-likeness (QED) is 0.0865. The predicted molar refractivity (Wildman–Crippen MR) is 174 cm³/mol.